The van der Waals surface area contributed by atoms with Crippen molar-refractivity contribution >= 4 is 33.2 Å². The van der Waals surface area contributed by atoms with Crippen LogP contribution in [0.4, 0.5) is 5.69 Å². The smallest absolute Gasteiger partial charge is 0.264 e. The Labute approximate surface area is 183 Å². The molecule has 30 heavy (non-hydrogen) atoms. The average Bonchev–Trinajstić information content (AvgIpc) is 2.71. The largest absolute Gasteiger partial charge is 0.497 e. The molecule has 0 unspecified atom stereocenters. The number of carbonyl (C=O) groups excluding carboxylic acids is 1. The van der Waals surface area contributed by atoms with Crippen molar-refractivity contribution in [2.24, 2.45) is 0 Å². The van der Waals surface area contributed by atoms with Crippen LogP contribution in [0.2, 0.25) is 5.02 Å². The van der Waals surface area contributed by atoms with Crippen LogP contribution in [0.5, 0.6) is 5.75 Å². The topological polar surface area (TPSA) is 84.9 Å². The Balaban J connectivity index is 2.19. The van der Waals surface area contributed by atoms with E-state index in [0.717, 1.165) is 4.31 Å². The molecule has 7 nitrogen and oxygen atoms in total. The Bertz CT molecular complexity index is 933. The standard InChI is InChI=1S/C21H27ClN2O5S/c1-16(2)29-13-5-12-23-21(25)15-24(18-7-4-6-17(22)14-18)30(26,27)20-10-8-19(28-3)9-11-20/h4,6-11,14,16H,5,12-13,15H2,1-3H3,(H,23,25). The fraction of sp³-hybridized carbons (Fsp3) is 0.381. The van der Waals surface area contributed by atoms with Crippen LogP contribution in [0.25, 0.3) is 0 Å². The molecule has 0 heterocycles. The van der Waals surface area contributed by atoms with Crippen molar-refractivity contribution in [2.75, 3.05) is 31.1 Å². The SMILES string of the molecule is COc1ccc(S(=O)(=O)N(CC(=O)NCCCOC(C)C)c2cccc(Cl)c2)cc1. The summed E-state index contributed by atoms with van der Waals surface area (Å²) in [5.41, 5.74) is 0.302. The van der Waals surface area contributed by atoms with Crippen molar-refractivity contribution in [3.8, 4) is 5.75 Å². The minimum Gasteiger partial charge on any atom is -0.497 e. The number of hydrogen-bond donors (Lipinski definition) is 1. The number of rotatable bonds is 11. The lowest BCUT2D eigenvalue weighted by Crippen LogP contribution is -2.41. The average molecular weight is 455 g/mol. The van der Waals surface area contributed by atoms with E-state index >= 15 is 0 Å². The van der Waals surface area contributed by atoms with E-state index in [1.165, 1.54) is 25.3 Å². The third-order valence-electron chi connectivity index (χ3n) is 4.13. The number of ether oxygens (including phenoxy) is 2. The van der Waals surface area contributed by atoms with Crippen molar-refractivity contribution in [3.05, 3.63) is 53.6 Å². The molecular weight excluding hydrogens is 428 g/mol. The first-order valence-electron chi connectivity index (χ1n) is 9.54. The van der Waals surface area contributed by atoms with Gasteiger partial charge in [0.2, 0.25) is 5.91 Å². The zero-order valence-electron chi connectivity index (χ0n) is 17.3. The maximum atomic E-state index is 13.3. The summed E-state index contributed by atoms with van der Waals surface area (Å²) in [6.45, 7) is 4.40. The van der Waals surface area contributed by atoms with Crippen LogP contribution in [0.1, 0.15) is 20.3 Å². The zero-order chi connectivity index (χ0) is 22.1. The molecule has 1 amide bonds. The van der Waals surface area contributed by atoms with Crippen molar-refractivity contribution in [1.29, 1.82) is 0 Å². The van der Waals surface area contributed by atoms with E-state index in [9.17, 15) is 13.2 Å². The van der Waals surface area contributed by atoms with E-state index < -0.39 is 15.9 Å². The molecule has 2 rings (SSSR count). The van der Waals surface area contributed by atoms with Gasteiger partial charge in [-0.05, 0) is 62.7 Å². The molecule has 0 saturated carbocycles. The van der Waals surface area contributed by atoms with E-state index in [1.807, 2.05) is 13.8 Å². The van der Waals surface area contributed by atoms with Crippen molar-refractivity contribution < 1.29 is 22.7 Å². The van der Waals surface area contributed by atoms with Crippen LogP contribution in [0.15, 0.2) is 53.4 Å². The molecule has 0 aliphatic heterocycles. The lowest BCUT2D eigenvalue weighted by Gasteiger charge is -2.24. The van der Waals surface area contributed by atoms with E-state index in [4.69, 9.17) is 21.1 Å². The fourth-order valence-electron chi connectivity index (χ4n) is 2.63. The maximum Gasteiger partial charge on any atom is 0.264 e. The van der Waals surface area contributed by atoms with Gasteiger partial charge in [0.1, 0.15) is 12.3 Å². The highest BCUT2D eigenvalue weighted by atomic mass is 35.5. The summed E-state index contributed by atoms with van der Waals surface area (Å²) < 4.78 is 38.1. The molecule has 0 aliphatic carbocycles. The first kappa shape index (κ1) is 24.0. The summed E-state index contributed by atoms with van der Waals surface area (Å²) in [7, 11) is -2.51. The van der Waals surface area contributed by atoms with Gasteiger partial charge in [0.25, 0.3) is 10.0 Å². The highest BCUT2D eigenvalue weighted by Gasteiger charge is 2.27. The molecule has 164 valence electrons. The van der Waals surface area contributed by atoms with Crippen molar-refractivity contribution in [2.45, 2.75) is 31.3 Å². The van der Waals surface area contributed by atoms with Gasteiger partial charge in [-0.25, -0.2) is 8.42 Å². The molecule has 9 heteroatoms. The second-order valence-electron chi connectivity index (χ2n) is 6.79. The van der Waals surface area contributed by atoms with E-state index in [2.05, 4.69) is 5.32 Å². The maximum absolute atomic E-state index is 13.3. The molecule has 2 aromatic carbocycles. The van der Waals surface area contributed by atoms with Crippen molar-refractivity contribution in [3.63, 3.8) is 0 Å². The van der Waals surface area contributed by atoms with Gasteiger partial charge in [-0.15, -0.1) is 0 Å². The summed E-state index contributed by atoms with van der Waals surface area (Å²) in [5, 5.41) is 3.10. The van der Waals surface area contributed by atoms with Crippen LogP contribution < -0.4 is 14.4 Å². The van der Waals surface area contributed by atoms with Crippen LogP contribution in [0.3, 0.4) is 0 Å². The van der Waals surface area contributed by atoms with Gasteiger partial charge in [0, 0.05) is 18.2 Å². The van der Waals surface area contributed by atoms with Gasteiger partial charge in [-0.3, -0.25) is 9.10 Å². The number of sulfonamides is 1. The monoisotopic (exact) mass is 454 g/mol. The second-order valence-corrected chi connectivity index (χ2v) is 9.09. The molecule has 0 fully saturated rings. The number of amides is 1. The summed E-state index contributed by atoms with van der Waals surface area (Å²) >= 11 is 6.05. The summed E-state index contributed by atoms with van der Waals surface area (Å²) in [4.78, 5) is 12.5. The summed E-state index contributed by atoms with van der Waals surface area (Å²) in [6, 6.07) is 12.4. The van der Waals surface area contributed by atoms with Gasteiger partial charge in [-0.2, -0.15) is 0 Å². The number of anilines is 1. The highest BCUT2D eigenvalue weighted by Crippen LogP contribution is 2.27. The Kier molecular flexibility index (Phi) is 8.95. The second kappa shape index (κ2) is 11.2. The number of hydrogen-bond acceptors (Lipinski definition) is 5. The highest BCUT2D eigenvalue weighted by molar-refractivity contribution is 7.92. The number of nitrogens with zero attached hydrogens (tertiary/aromatic N) is 1. The van der Waals surface area contributed by atoms with Crippen LogP contribution >= 0.6 is 11.6 Å². The Hall–Kier alpha value is -2.29. The van der Waals surface area contributed by atoms with Gasteiger partial charge in [0.05, 0.1) is 23.8 Å². The van der Waals surface area contributed by atoms with Crippen LogP contribution in [-0.2, 0) is 19.6 Å². The van der Waals surface area contributed by atoms with Crippen molar-refractivity contribution in [1.82, 2.24) is 5.32 Å². The Morgan fingerprint density at radius 3 is 2.47 bits per heavy atom. The number of nitrogens with one attached hydrogen (secondary N) is 1. The summed E-state index contributed by atoms with van der Waals surface area (Å²) in [6.07, 6.45) is 0.750. The minimum atomic E-state index is -4.00. The molecule has 2 aromatic rings. The summed E-state index contributed by atoms with van der Waals surface area (Å²) in [5.74, 6) is 0.112. The normalized spacial score (nSPS) is 11.4. The number of benzene rings is 2. The number of methoxy groups -OCH3 is 1. The molecule has 0 spiro atoms. The predicted octanol–water partition coefficient (Wildman–Crippen LogP) is 3.48. The van der Waals surface area contributed by atoms with Crippen LogP contribution in [-0.4, -0.2) is 47.2 Å². The van der Waals surface area contributed by atoms with E-state index in [0.29, 0.717) is 36.0 Å². The molecule has 0 radical (unpaired) electrons. The zero-order valence-corrected chi connectivity index (χ0v) is 18.9. The van der Waals surface area contributed by atoms with Gasteiger partial charge in [-0.1, -0.05) is 17.7 Å². The number of carbonyl (C=O) groups is 1. The molecule has 0 aliphatic rings. The predicted molar refractivity (Wildman–Crippen MR) is 118 cm³/mol. The molecule has 0 bridgehead atoms. The quantitative estimate of drug-likeness (QED) is 0.525. The van der Waals surface area contributed by atoms with Gasteiger partial charge in [0.15, 0.2) is 0 Å². The Morgan fingerprint density at radius 1 is 1.17 bits per heavy atom. The van der Waals surface area contributed by atoms with Gasteiger partial charge < -0.3 is 14.8 Å². The Morgan fingerprint density at radius 2 is 1.87 bits per heavy atom. The first-order chi connectivity index (χ1) is 14.2. The third kappa shape index (κ3) is 6.90. The first-order valence-corrected chi connectivity index (χ1v) is 11.4. The molecular formula is C21H27ClN2O5S. The molecule has 0 atom stereocenters. The van der Waals surface area contributed by atoms with Gasteiger partial charge >= 0.3 is 0 Å². The molecule has 1 N–H and O–H groups in total. The van der Waals surface area contributed by atoms with Crippen LogP contribution in [0, 0.1) is 0 Å². The van der Waals surface area contributed by atoms with E-state index in [-0.39, 0.29) is 17.5 Å². The lowest BCUT2D eigenvalue weighted by atomic mass is 10.3. The third-order valence-corrected chi connectivity index (χ3v) is 6.15. The lowest BCUT2D eigenvalue weighted by molar-refractivity contribution is -0.119. The molecule has 0 aromatic heterocycles. The molecule has 0 saturated heterocycles. The van der Waals surface area contributed by atoms with E-state index in [1.54, 1.807) is 30.3 Å². The minimum absolute atomic E-state index is 0.0430. The number of halogens is 1. The fourth-order valence-corrected chi connectivity index (χ4v) is 4.22.